The van der Waals surface area contributed by atoms with Crippen molar-refractivity contribution in [1.82, 2.24) is 24.8 Å². The average Bonchev–Trinajstić information content (AvgIpc) is 3.41. The van der Waals surface area contributed by atoms with Crippen molar-refractivity contribution in [3.63, 3.8) is 0 Å². The van der Waals surface area contributed by atoms with Crippen LogP contribution in [0.15, 0.2) is 58.1 Å². The second kappa shape index (κ2) is 12.7. The molecule has 1 aliphatic heterocycles. The minimum absolute atomic E-state index is 0.00921. The van der Waals surface area contributed by atoms with E-state index in [9.17, 15) is 18.0 Å². The van der Waals surface area contributed by atoms with E-state index in [0.29, 0.717) is 30.1 Å². The number of nitrogens with one attached hydrogen (secondary N) is 1. The molecule has 1 N–H and O–H groups in total. The highest BCUT2D eigenvalue weighted by Crippen LogP contribution is 2.29. The summed E-state index contributed by atoms with van der Waals surface area (Å²) in [6.07, 6.45) is -0.859. The molecule has 0 spiro atoms. The average molecular weight is 580 g/mol. The molecule has 0 unspecified atom stereocenters. The Hall–Kier alpha value is -4.30. The first-order valence-corrected chi connectivity index (χ1v) is 14.0. The topological polar surface area (TPSA) is 85.4 Å². The van der Waals surface area contributed by atoms with Gasteiger partial charge in [-0.1, -0.05) is 12.1 Å². The maximum absolute atomic E-state index is 13.6. The van der Waals surface area contributed by atoms with Gasteiger partial charge >= 0.3 is 12.2 Å². The van der Waals surface area contributed by atoms with Gasteiger partial charge in [0, 0.05) is 36.3 Å². The number of hydrogen-bond donors (Lipinski definition) is 1. The second-order valence-corrected chi connectivity index (χ2v) is 10.1. The smallest absolute Gasteiger partial charge is 0.396 e. The fraction of sp³-hybridized carbons (Fsp3) is 0.387. The van der Waals surface area contributed by atoms with E-state index in [2.05, 4.69) is 27.2 Å². The molecule has 3 aromatic heterocycles. The van der Waals surface area contributed by atoms with Gasteiger partial charge in [-0.3, -0.25) is 9.36 Å². The molecule has 4 heterocycles. The zero-order valence-electron chi connectivity index (χ0n) is 23.5. The normalized spacial score (nSPS) is 14.0. The number of halogens is 3. The fourth-order valence-electron chi connectivity index (χ4n) is 5.03. The Bertz CT molecular complexity index is 1640. The third kappa shape index (κ3) is 6.94. The maximum Gasteiger partial charge on any atom is 0.396 e. The Morgan fingerprint density at radius 3 is 2.57 bits per heavy atom. The number of pyridine rings is 1. The van der Waals surface area contributed by atoms with Gasteiger partial charge in [0.15, 0.2) is 0 Å². The first-order chi connectivity index (χ1) is 20.2. The predicted octanol–water partition coefficient (Wildman–Crippen LogP) is 5.45. The number of piperidine rings is 1. The van der Waals surface area contributed by atoms with Gasteiger partial charge < -0.3 is 19.4 Å². The number of alkyl halides is 3. The van der Waals surface area contributed by atoms with Crippen LogP contribution in [0.1, 0.15) is 55.1 Å². The molecule has 0 bridgehead atoms. The molecule has 1 aliphatic rings. The number of furan rings is 1. The lowest BCUT2D eigenvalue weighted by Gasteiger charge is -2.23. The van der Waals surface area contributed by atoms with Crippen LogP contribution in [0.2, 0.25) is 0 Å². The standard InChI is InChI=1S/C31H32F3N5O3/c1-3-38(4-2)15-11-23-17-25-19-36-30(42-26-7-5-21(6-8-26)22-9-13-35-14-10-22)37-28(25)39(29(23)40)20-24-12-16-41-27(24)18-31(32,33)34/h5-8,12,16-17,19,22,35H,3-4,9-10,13-14,18,20H2,1-2H3. The van der Waals surface area contributed by atoms with E-state index in [-0.39, 0.29) is 35.1 Å². The molecule has 1 fully saturated rings. The molecule has 0 saturated carbocycles. The Balaban J connectivity index is 1.51. The second-order valence-electron chi connectivity index (χ2n) is 10.1. The van der Waals surface area contributed by atoms with Gasteiger partial charge in [-0.05, 0) is 81.4 Å². The summed E-state index contributed by atoms with van der Waals surface area (Å²) in [6, 6.07) is 13.8. The molecular formula is C31H32F3N5O3. The van der Waals surface area contributed by atoms with Gasteiger partial charge in [0.05, 0.1) is 18.4 Å². The van der Waals surface area contributed by atoms with Gasteiger partial charge in [-0.2, -0.15) is 18.2 Å². The molecule has 8 nitrogen and oxygen atoms in total. The molecule has 1 aromatic carbocycles. The summed E-state index contributed by atoms with van der Waals surface area (Å²) in [5, 5.41) is 3.86. The largest absolute Gasteiger partial charge is 0.469 e. The van der Waals surface area contributed by atoms with Crippen LogP contribution in [0.4, 0.5) is 13.2 Å². The SMILES string of the molecule is CCN(C#Cc1cc2cnc(Oc3ccc(C4CCNCC4)cc3)nc2n(Cc2ccoc2CC(F)(F)F)c1=O)CC. The first kappa shape index (κ1) is 29.2. The number of hydrogen-bond acceptors (Lipinski definition) is 7. The molecule has 0 radical (unpaired) electrons. The van der Waals surface area contributed by atoms with Crippen LogP contribution in [0.25, 0.3) is 11.0 Å². The van der Waals surface area contributed by atoms with Crippen molar-refractivity contribution in [3.8, 4) is 23.7 Å². The summed E-state index contributed by atoms with van der Waals surface area (Å²) in [6.45, 7) is 7.04. The Morgan fingerprint density at radius 1 is 1.14 bits per heavy atom. The lowest BCUT2D eigenvalue weighted by atomic mass is 9.90. The zero-order valence-corrected chi connectivity index (χ0v) is 23.5. The van der Waals surface area contributed by atoms with Crippen molar-refractivity contribution in [3.05, 3.63) is 81.7 Å². The summed E-state index contributed by atoms with van der Waals surface area (Å²) in [5.41, 5.74) is 1.37. The van der Waals surface area contributed by atoms with Gasteiger partial charge in [-0.25, -0.2) is 4.98 Å². The van der Waals surface area contributed by atoms with Crippen LogP contribution < -0.4 is 15.6 Å². The summed E-state index contributed by atoms with van der Waals surface area (Å²) in [7, 11) is 0. The van der Waals surface area contributed by atoms with Crippen molar-refractivity contribution in [1.29, 1.82) is 0 Å². The van der Waals surface area contributed by atoms with Crippen LogP contribution in [-0.2, 0) is 13.0 Å². The molecule has 0 atom stereocenters. The summed E-state index contributed by atoms with van der Waals surface area (Å²) >= 11 is 0. The molecule has 1 saturated heterocycles. The highest BCUT2D eigenvalue weighted by molar-refractivity contribution is 5.76. The fourth-order valence-corrected chi connectivity index (χ4v) is 5.03. The van der Waals surface area contributed by atoms with Crippen LogP contribution in [-0.4, -0.2) is 51.8 Å². The van der Waals surface area contributed by atoms with Crippen molar-refractivity contribution in [2.75, 3.05) is 26.2 Å². The molecule has 4 aromatic rings. The highest BCUT2D eigenvalue weighted by Gasteiger charge is 2.31. The van der Waals surface area contributed by atoms with Crippen LogP contribution in [0.5, 0.6) is 11.8 Å². The monoisotopic (exact) mass is 579 g/mol. The van der Waals surface area contributed by atoms with E-state index in [4.69, 9.17) is 9.15 Å². The minimum Gasteiger partial charge on any atom is -0.469 e. The number of nitrogens with zero attached hydrogens (tertiary/aromatic N) is 4. The van der Waals surface area contributed by atoms with Gasteiger partial charge in [0.25, 0.3) is 5.56 Å². The van der Waals surface area contributed by atoms with E-state index in [1.54, 1.807) is 6.07 Å². The number of aromatic nitrogens is 3. The molecule has 11 heteroatoms. The number of fused-ring (bicyclic) bond motifs is 1. The van der Waals surface area contributed by atoms with E-state index < -0.39 is 18.2 Å². The minimum atomic E-state index is -4.47. The van der Waals surface area contributed by atoms with Crippen LogP contribution >= 0.6 is 0 Å². The Labute approximate surface area is 241 Å². The van der Waals surface area contributed by atoms with Crippen molar-refractivity contribution in [2.24, 2.45) is 0 Å². The third-order valence-electron chi connectivity index (χ3n) is 7.34. The van der Waals surface area contributed by atoms with Crippen molar-refractivity contribution < 1.29 is 22.3 Å². The van der Waals surface area contributed by atoms with E-state index in [0.717, 1.165) is 25.9 Å². The number of rotatable bonds is 8. The van der Waals surface area contributed by atoms with E-state index in [1.165, 1.54) is 28.7 Å². The van der Waals surface area contributed by atoms with E-state index >= 15 is 0 Å². The summed E-state index contributed by atoms with van der Waals surface area (Å²) in [4.78, 5) is 24.3. The van der Waals surface area contributed by atoms with E-state index in [1.807, 2.05) is 43.0 Å². The molecule has 5 rings (SSSR count). The predicted molar refractivity (Wildman–Crippen MR) is 153 cm³/mol. The zero-order chi connectivity index (χ0) is 29.7. The first-order valence-electron chi connectivity index (χ1n) is 14.0. The van der Waals surface area contributed by atoms with Gasteiger partial charge in [0.2, 0.25) is 0 Å². The van der Waals surface area contributed by atoms with Gasteiger partial charge in [0.1, 0.15) is 23.6 Å². The quantitative estimate of drug-likeness (QED) is 0.220. The molecule has 0 aliphatic carbocycles. The Kier molecular flexibility index (Phi) is 8.83. The lowest BCUT2D eigenvalue weighted by molar-refractivity contribution is -0.130. The summed E-state index contributed by atoms with van der Waals surface area (Å²) in [5.74, 6) is 3.68. The molecule has 0 amide bonds. The van der Waals surface area contributed by atoms with Crippen molar-refractivity contribution >= 4 is 11.0 Å². The van der Waals surface area contributed by atoms with Crippen molar-refractivity contribution in [2.45, 2.75) is 51.7 Å². The van der Waals surface area contributed by atoms with Gasteiger partial charge in [-0.15, -0.1) is 0 Å². The highest BCUT2D eigenvalue weighted by atomic mass is 19.4. The number of benzene rings is 1. The molecule has 42 heavy (non-hydrogen) atoms. The molecule has 220 valence electrons. The maximum atomic E-state index is 13.6. The third-order valence-corrected chi connectivity index (χ3v) is 7.34. The Morgan fingerprint density at radius 2 is 1.88 bits per heavy atom. The lowest BCUT2D eigenvalue weighted by Crippen LogP contribution is -2.26. The van der Waals surface area contributed by atoms with Crippen LogP contribution in [0.3, 0.4) is 0 Å². The summed E-state index contributed by atoms with van der Waals surface area (Å²) < 4.78 is 51.9. The number of ether oxygens (including phenoxy) is 1. The molecular weight excluding hydrogens is 547 g/mol. The van der Waals surface area contributed by atoms with Crippen LogP contribution in [0, 0.1) is 12.0 Å².